The van der Waals surface area contributed by atoms with Crippen LogP contribution in [-0.2, 0) is 6.54 Å². The lowest BCUT2D eigenvalue weighted by Crippen LogP contribution is -2.37. The van der Waals surface area contributed by atoms with Crippen molar-refractivity contribution >= 4 is 5.95 Å². The molecule has 16 heavy (non-hydrogen) atoms. The molecule has 0 unspecified atom stereocenters. The fraction of sp³-hybridized carbons (Fsp3) is 0.769. The monoisotopic (exact) mass is 223 g/mol. The lowest BCUT2D eigenvalue weighted by Gasteiger charge is -2.32. The molecule has 0 radical (unpaired) electrons. The maximum absolute atomic E-state index is 4.56. The molecule has 0 aliphatic rings. The zero-order valence-corrected chi connectivity index (χ0v) is 11.3. The van der Waals surface area contributed by atoms with E-state index in [1.165, 1.54) is 0 Å². The Bertz CT molecular complexity index is 316. The second kappa shape index (κ2) is 5.37. The fourth-order valence-corrected chi connectivity index (χ4v) is 2.14. The van der Waals surface area contributed by atoms with E-state index in [0.717, 1.165) is 37.4 Å². The van der Waals surface area contributed by atoms with Gasteiger partial charge in [0.15, 0.2) is 0 Å². The average Bonchev–Trinajstić information content (AvgIpc) is 2.66. The molecule has 1 heterocycles. The normalized spacial score (nSPS) is 11.8. The number of imidazole rings is 1. The van der Waals surface area contributed by atoms with E-state index in [1.54, 1.807) is 0 Å². The van der Waals surface area contributed by atoms with Crippen LogP contribution in [0, 0.1) is 6.92 Å². The van der Waals surface area contributed by atoms with Gasteiger partial charge >= 0.3 is 0 Å². The van der Waals surface area contributed by atoms with Gasteiger partial charge in [0.2, 0.25) is 5.95 Å². The summed E-state index contributed by atoms with van der Waals surface area (Å²) in [4.78, 5) is 4.56. The number of aromatic nitrogens is 2. The summed E-state index contributed by atoms with van der Waals surface area (Å²) in [6.45, 7) is 11.9. The molecule has 0 saturated heterocycles. The van der Waals surface area contributed by atoms with Crippen molar-refractivity contribution in [1.29, 1.82) is 0 Å². The SMILES string of the molecule is CCn1cc(C)nc1NC(CC)(CC)CC. The molecule has 1 N–H and O–H groups in total. The lowest BCUT2D eigenvalue weighted by atomic mass is 9.90. The van der Waals surface area contributed by atoms with Gasteiger partial charge in [0.25, 0.3) is 0 Å². The van der Waals surface area contributed by atoms with Gasteiger partial charge < -0.3 is 9.88 Å². The van der Waals surface area contributed by atoms with Gasteiger partial charge in [-0.2, -0.15) is 0 Å². The third-order valence-corrected chi connectivity index (χ3v) is 3.64. The highest BCUT2D eigenvalue weighted by Gasteiger charge is 2.25. The number of hydrogen-bond acceptors (Lipinski definition) is 2. The number of nitrogens with one attached hydrogen (secondary N) is 1. The van der Waals surface area contributed by atoms with Crippen LogP contribution < -0.4 is 5.32 Å². The van der Waals surface area contributed by atoms with E-state index in [0.29, 0.717) is 0 Å². The third kappa shape index (κ3) is 2.57. The van der Waals surface area contributed by atoms with Gasteiger partial charge in [0.05, 0.1) is 5.69 Å². The van der Waals surface area contributed by atoms with E-state index in [2.05, 4.69) is 48.8 Å². The quantitative estimate of drug-likeness (QED) is 0.798. The van der Waals surface area contributed by atoms with Crippen molar-refractivity contribution in [2.24, 2.45) is 0 Å². The van der Waals surface area contributed by atoms with E-state index < -0.39 is 0 Å². The van der Waals surface area contributed by atoms with E-state index in [-0.39, 0.29) is 5.54 Å². The van der Waals surface area contributed by atoms with Crippen molar-refractivity contribution in [2.45, 2.75) is 66.0 Å². The van der Waals surface area contributed by atoms with Crippen molar-refractivity contribution in [2.75, 3.05) is 5.32 Å². The van der Waals surface area contributed by atoms with Crippen molar-refractivity contribution in [3.8, 4) is 0 Å². The topological polar surface area (TPSA) is 29.9 Å². The van der Waals surface area contributed by atoms with Crippen LogP contribution in [0.15, 0.2) is 6.20 Å². The van der Waals surface area contributed by atoms with Crippen LogP contribution in [-0.4, -0.2) is 15.1 Å². The van der Waals surface area contributed by atoms with Crippen LogP contribution in [0.2, 0.25) is 0 Å². The first kappa shape index (κ1) is 13.1. The zero-order valence-electron chi connectivity index (χ0n) is 11.3. The van der Waals surface area contributed by atoms with E-state index >= 15 is 0 Å². The number of hydrogen-bond donors (Lipinski definition) is 1. The summed E-state index contributed by atoms with van der Waals surface area (Å²) in [7, 11) is 0. The first-order chi connectivity index (χ1) is 7.60. The highest BCUT2D eigenvalue weighted by atomic mass is 15.2. The number of rotatable bonds is 6. The zero-order chi connectivity index (χ0) is 12.2. The van der Waals surface area contributed by atoms with Crippen molar-refractivity contribution in [1.82, 2.24) is 9.55 Å². The summed E-state index contributed by atoms with van der Waals surface area (Å²) in [5.74, 6) is 1.02. The van der Waals surface area contributed by atoms with Crippen LogP contribution in [0.4, 0.5) is 5.95 Å². The molecular formula is C13H25N3. The molecule has 0 atom stereocenters. The summed E-state index contributed by atoms with van der Waals surface area (Å²) in [6, 6.07) is 0. The van der Waals surface area contributed by atoms with Gasteiger partial charge in [-0.15, -0.1) is 0 Å². The van der Waals surface area contributed by atoms with Crippen LogP contribution in [0.3, 0.4) is 0 Å². The number of nitrogens with zero attached hydrogens (tertiary/aromatic N) is 2. The Kier molecular flexibility index (Phi) is 4.39. The number of aryl methyl sites for hydroxylation is 2. The largest absolute Gasteiger partial charge is 0.350 e. The Labute approximate surface area is 99.3 Å². The molecule has 0 aliphatic heterocycles. The minimum atomic E-state index is 0.199. The highest BCUT2D eigenvalue weighted by molar-refractivity contribution is 5.32. The fourth-order valence-electron chi connectivity index (χ4n) is 2.14. The molecule has 0 bridgehead atoms. The molecule has 3 nitrogen and oxygen atoms in total. The van der Waals surface area contributed by atoms with Crippen molar-refractivity contribution in [3.05, 3.63) is 11.9 Å². The summed E-state index contributed by atoms with van der Waals surface area (Å²) >= 11 is 0. The minimum Gasteiger partial charge on any atom is -0.350 e. The van der Waals surface area contributed by atoms with E-state index in [1.807, 2.05) is 6.92 Å². The Hall–Kier alpha value is -0.990. The Morgan fingerprint density at radius 1 is 1.19 bits per heavy atom. The molecule has 1 aromatic rings. The molecule has 1 rings (SSSR count). The average molecular weight is 223 g/mol. The molecule has 0 amide bonds. The summed E-state index contributed by atoms with van der Waals surface area (Å²) in [6.07, 6.45) is 5.51. The van der Waals surface area contributed by atoms with Gasteiger partial charge in [-0.3, -0.25) is 0 Å². The predicted octanol–water partition coefficient (Wildman–Crippen LogP) is 3.59. The summed E-state index contributed by atoms with van der Waals surface area (Å²) < 4.78 is 2.19. The van der Waals surface area contributed by atoms with E-state index in [4.69, 9.17) is 0 Å². The third-order valence-electron chi connectivity index (χ3n) is 3.64. The molecule has 92 valence electrons. The van der Waals surface area contributed by atoms with Crippen LogP contribution in [0.1, 0.15) is 52.7 Å². The van der Waals surface area contributed by atoms with Crippen LogP contribution in [0.25, 0.3) is 0 Å². The first-order valence-corrected chi connectivity index (χ1v) is 6.42. The van der Waals surface area contributed by atoms with Crippen molar-refractivity contribution < 1.29 is 0 Å². The molecule has 3 heteroatoms. The molecule has 0 spiro atoms. The Balaban J connectivity index is 2.92. The van der Waals surface area contributed by atoms with Crippen LogP contribution in [0.5, 0.6) is 0 Å². The van der Waals surface area contributed by atoms with E-state index in [9.17, 15) is 0 Å². The molecule has 1 aromatic heterocycles. The predicted molar refractivity (Wildman–Crippen MR) is 69.9 cm³/mol. The molecule has 0 aliphatic carbocycles. The van der Waals surface area contributed by atoms with Gasteiger partial charge in [-0.1, -0.05) is 20.8 Å². The van der Waals surface area contributed by atoms with Gasteiger partial charge in [0, 0.05) is 18.3 Å². The summed E-state index contributed by atoms with van der Waals surface area (Å²) in [5.41, 5.74) is 1.28. The maximum atomic E-state index is 4.56. The maximum Gasteiger partial charge on any atom is 0.203 e. The lowest BCUT2D eigenvalue weighted by molar-refractivity contribution is 0.415. The molecule has 0 fully saturated rings. The highest BCUT2D eigenvalue weighted by Crippen LogP contribution is 2.25. The Morgan fingerprint density at radius 2 is 1.75 bits per heavy atom. The first-order valence-electron chi connectivity index (χ1n) is 6.42. The van der Waals surface area contributed by atoms with Crippen molar-refractivity contribution in [3.63, 3.8) is 0 Å². The smallest absolute Gasteiger partial charge is 0.203 e. The van der Waals surface area contributed by atoms with Crippen LogP contribution >= 0.6 is 0 Å². The molecular weight excluding hydrogens is 198 g/mol. The standard InChI is InChI=1S/C13H25N3/c1-6-13(7-2,8-3)15-12-14-11(5)10-16(12)9-4/h10H,6-9H2,1-5H3,(H,14,15). The van der Waals surface area contributed by atoms with Gasteiger partial charge in [-0.25, -0.2) is 4.98 Å². The van der Waals surface area contributed by atoms with Gasteiger partial charge in [-0.05, 0) is 33.1 Å². The minimum absolute atomic E-state index is 0.199. The second-order valence-corrected chi connectivity index (χ2v) is 4.46. The molecule has 0 aromatic carbocycles. The Morgan fingerprint density at radius 3 is 2.19 bits per heavy atom. The summed E-state index contributed by atoms with van der Waals surface area (Å²) in [5, 5.41) is 3.63. The second-order valence-electron chi connectivity index (χ2n) is 4.46. The number of anilines is 1. The molecule has 0 saturated carbocycles. The van der Waals surface area contributed by atoms with Gasteiger partial charge in [0.1, 0.15) is 0 Å².